The van der Waals surface area contributed by atoms with Gasteiger partial charge >= 0.3 is 0 Å². The van der Waals surface area contributed by atoms with Crippen LogP contribution in [0, 0.1) is 10.6 Å². The number of nitrogens with zero attached hydrogens (tertiary/aromatic N) is 2. The van der Waals surface area contributed by atoms with Crippen molar-refractivity contribution in [2.24, 2.45) is 0 Å². The van der Waals surface area contributed by atoms with Gasteiger partial charge in [-0.05, 0) is 42.0 Å². The summed E-state index contributed by atoms with van der Waals surface area (Å²) in [5.41, 5.74) is 1.34. The van der Waals surface area contributed by atoms with Crippen LogP contribution in [0.25, 0.3) is 5.69 Å². The van der Waals surface area contributed by atoms with E-state index in [-0.39, 0.29) is 5.82 Å². The molecule has 2 N–H and O–H groups in total. The first-order valence-electron chi connectivity index (χ1n) is 6.33. The molecule has 0 aliphatic heterocycles. The van der Waals surface area contributed by atoms with Crippen LogP contribution in [-0.4, -0.2) is 19.9 Å². The Morgan fingerprint density at radius 3 is 2.43 bits per heavy atom. The fourth-order valence-electron chi connectivity index (χ4n) is 2.12. The Labute approximate surface area is 125 Å². The van der Waals surface area contributed by atoms with Crippen molar-refractivity contribution in [3.63, 3.8) is 0 Å². The van der Waals surface area contributed by atoms with Gasteiger partial charge in [-0.25, -0.2) is 4.39 Å². The Balaban J connectivity index is 2.09. The summed E-state index contributed by atoms with van der Waals surface area (Å²) in [6.45, 7) is 0. The van der Waals surface area contributed by atoms with Crippen LogP contribution in [0.1, 0.15) is 17.5 Å². The molecule has 0 aliphatic rings. The summed E-state index contributed by atoms with van der Waals surface area (Å²) in [6.07, 6.45) is -0.927. The molecule has 3 aromatic rings. The third kappa shape index (κ3) is 2.63. The van der Waals surface area contributed by atoms with E-state index in [1.165, 1.54) is 12.1 Å². The summed E-state index contributed by atoms with van der Waals surface area (Å²) in [6, 6.07) is 15.0. The van der Waals surface area contributed by atoms with Crippen LogP contribution in [0.15, 0.2) is 54.6 Å². The zero-order chi connectivity index (χ0) is 14.8. The summed E-state index contributed by atoms with van der Waals surface area (Å²) >= 11 is 5.20. The predicted molar refractivity (Wildman–Crippen MR) is 79.2 cm³/mol. The van der Waals surface area contributed by atoms with Gasteiger partial charge < -0.3 is 5.11 Å². The molecule has 21 heavy (non-hydrogen) atoms. The number of hydrogen-bond donors (Lipinski definition) is 2. The van der Waals surface area contributed by atoms with E-state index in [9.17, 15) is 9.50 Å². The van der Waals surface area contributed by atoms with Gasteiger partial charge in [0.05, 0.1) is 0 Å². The number of H-pyrrole nitrogens is 1. The van der Waals surface area contributed by atoms with Gasteiger partial charge in [0.2, 0.25) is 0 Å². The number of halogens is 1. The molecular weight excluding hydrogens is 289 g/mol. The SMILES string of the molecule is OC(c1ccccc1)c1n[nH]c(=S)n1-c1ccc(F)cc1. The van der Waals surface area contributed by atoms with E-state index < -0.39 is 6.10 Å². The lowest BCUT2D eigenvalue weighted by Gasteiger charge is -2.12. The third-order valence-electron chi connectivity index (χ3n) is 3.14. The van der Waals surface area contributed by atoms with Crippen LogP contribution in [0.5, 0.6) is 0 Å². The lowest BCUT2D eigenvalue weighted by molar-refractivity contribution is 0.207. The molecule has 0 amide bonds. The molecular formula is C15H12FN3OS. The Morgan fingerprint density at radius 1 is 1.10 bits per heavy atom. The van der Waals surface area contributed by atoms with Crippen molar-refractivity contribution in [2.75, 3.05) is 0 Å². The summed E-state index contributed by atoms with van der Waals surface area (Å²) in [5, 5.41) is 17.2. The molecule has 1 unspecified atom stereocenters. The van der Waals surface area contributed by atoms with Gasteiger partial charge in [0, 0.05) is 5.69 Å². The second kappa shape index (κ2) is 5.59. The van der Waals surface area contributed by atoms with Crippen molar-refractivity contribution in [2.45, 2.75) is 6.10 Å². The molecule has 2 aromatic carbocycles. The molecule has 0 radical (unpaired) electrons. The number of benzene rings is 2. The highest BCUT2D eigenvalue weighted by Crippen LogP contribution is 2.23. The first kappa shape index (κ1) is 13.7. The summed E-state index contributed by atoms with van der Waals surface area (Å²) in [5.74, 6) is 0.0247. The molecule has 0 saturated heterocycles. The number of hydrogen-bond acceptors (Lipinski definition) is 3. The van der Waals surface area contributed by atoms with Crippen molar-refractivity contribution >= 4 is 12.2 Å². The minimum atomic E-state index is -0.927. The Hall–Kier alpha value is -2.31. The molecule has 4 nitrogen and oxygen atoms in total. The normalized spacial score (nSPS) is 12.3. The third-order valence-corrected chi connectivity index (χ3v) is 3.42. The summed E-state index contributed by atoms with van der Waals surface area (Å²) < 4.78 is 15.0. The van der Waals surface area contributed by atoms with Gasteiger partial charge in [-0.15, -0.1) is 0 Å². The number of aromatic amines is 1. The second-order valence-electron chi connectivity index (χ2n) is 4.51. The van der Waals surface area contributed by atoms with Gasteiger partial charge in [-0.2, -0.15) is 5.10 Å². The highest BCUT2D eigenvalue weighted by Gasteiger charge is 2.18. The van der Waals surface area contributed by atoms with E-state index in [1.807, 2.05) is 18.2 Å². The maximum absolute atomic E-state index is 13.0. The van der Waals surface area contributed by atoms with E-state index in [4.69, 9.17) is 12.2 Å². The molecule has 3 rings (SSSR count). The van der Waals surface area contributed by atoms with Gasteiger partial charge in [0.25, 0.3) is 0 Å². The standard InChI is InChI=1S/C15H12FN3OS/c16-11-6-8-12(9-7-11)19-14(17-18-15(19)21)13(20)10-4-2-1-3-5-10/h1-9,13,20H,(H,18,21). The smallest absolute Gasteiger partial charge is 0.199 e. The largest absolute Gasteiger partial charge is 0.380 e. The molecule has 1 atom stereocenters. The first-order valence-corrected chi connectivity index (χ1v) is 6.74. The molecule has 1 aromatic heterocycles. The molecule has 0 spiro atoms. The maximum atomic E-state index is 13.0. The van der Waals surface area contributed by atoms with E-state index >= 15 is 0 Å². The van der Waals surface area contributed by atoms with Crippen LogP contribution in [0.2, 0.25) is 0 Å². The van der Waals surface area contributed by atoms with E-state index in [1.54, 1.807) is 28.8 Å². The van der Waals surface area contributed by atoms with Gasteiger partial charge in [-0.1, -0.05) is 30.3 Å². The van der Waals surface area contributed by atoms with Crippen molar-refractivity contribution in [1.29, 1.82) is 0 Å². The topological polar surface area (TPSA) is 53.8 Å². The number of aromatic nitrogens is 3. The van der Waals surface area contributed by atoms with Crippen LogP contribution in [-0.2, 0) is 0 Å². The lowest BCUT2D eigenvalue weighted by atomic mass is 10.1. The summed E-state index contributed by atoms with van der Waals surface area (Å²) in [7, 11) is 0. The van der Waals surface area contributed by atoms with E-state index in [0.29, 0.717) is 21.8 Å². The van der Waals surface area contributed by atoms with E-state index in [0.717, 1.165) is 0 Å². The van der Waals surface area contributed by atoms with Crippen LogP contribution in [0.3, 0.4) is 0 Å². The van der Waals surface area contributed by atoms with Crippen LogP contribution in [0.4, 0.5) is 4.39 Å². The predicted octanol–water partition coefficient (Wildman–Crippen LogP) is 3.15. The van der Waals surface area contributed by atoms with Crippen molar-refractivity contribution < 1.29 is 9.50 Å². The van der Waals surface area contributed by atoms with Crippen molar-refractivity contribution in [3.8, 4) is 5.69 Å². The van der Waals surface area contributed by atoms with Crippen LogP contribution >= 0.6 is 12.2 Å². The Morgan fingerprint density at radius 2 is 1.76 bits per heavy atom. The summed E-state index contributed by atoms with van der Waals surface area (Å²) in [4.78, 5) is 0. The first-order chi connectivity index (χ1) is 10.2. The lowest BCUT2D eigenvalue weighted by Crippen LogP contribution is -2.09. The fourth-order valence-corrected chi connectivity index (χ4v) is 2.36. The fraction of sp³-hybridized carbons (Fsp3) is 0.0667. The van der Waals surface area contributed by atoms with Gasteiger partial charge in [-0.3, -0.25) is 9.67 Å². The quantitative estimate of drug-likeness (QED) is 0.731. The zero-order valence-electron chi connectivity index (χ0n) is 10.9. The minimum Gasteiger partial charge on any atom is -0.380 e. The molecule has 0 saturated carbocycles. The molecule has 6 heteroatoms. The second-order valence-corrected chi connectivity index (χ2v) is 4.90. The zero-order valence-corrected chi connectivity index (χ0v) is 11.7. The van der Waals surface area contributed by atoms with Gasteiger partial charge in [0.1, 0.15) is 11.9 Å². The highest BCUT2D eigenvalue weighted by molar-refractivity contribution is 7.71. The highest BCUT2D eigenvalue weighted by atomic mass is 32.1. The van der Waals surface area contributed by atoms with Crippen molar-refractivity contribution in [1.82, 2.24) is 14.8 Å². The number of rotatable bonds is 3. The molecule has 0 fully saturated rings. The van der Waals surface area contributed by atoms with E-state index in [2.05, 4.69) is 10.2 Å². The molecule has 106 valence electrons. The average Bonchev–Trinajstić information content (AvgIpc) is 2.90. The monoisotopic (exact) mass is 301 g/mol. The van der Waals surface area contributed by atoms with Gasteiger partial charge in [0.15, 0.2) is 10.6 Å². The average molecular weight is 301 g/mol. The number of aliphatic hydroxyl groups excluding tert-OH is 1. The number of aliphatic hydroxyl groups is 1. The minimum absolute atomic E-state index is 0.334. The van der Waals surface area contributed by atoms with Crippen LogP contribution < -0.4 is 0 Å². The Bertz CT molecular complexity index is 796. The Kier molecular flexibility index (Phi) is 3.64. The molecule has 1 heterocycles. The maximum Gasteiger partial charge on any atom is 0.199 e. The molecule has 0 bridgehead atoms. The number of nitrogens with one attached hydrogen (secondary N) is 1. The molecule has 0 aliphatic carbocycles. The van der Waals surface area contributed by atoms with Crippen molar-refractivity contribution in [3.05, 3.63) is 76.6 Å².